The summed E-state index contributed by atoms with van der Waals surface area (Å²) in [5.74, 6) is 6.90. The SMILES string of the molecule is CC(C#Cc1ccccc1)Cc1ccccc1. The standard InChI is InChI=1S/C17H16/c1-15(14-17-10-6-3-7-11-17)12-13-16-8-4-2-5-9-16/h2-11,15H,14H2,1H3. The molecule has 0 heteroatoms. The summed E-state index contributed by atoms with van der Waals surface area (Å²) in [4.78, 5) is 0. The van der Waals surface area contributed by atoms with Gasteiger partial charge in [0.25, 0.3) is 0 Å². The van der Waals surface area contributed by atoms with Crippen molar-refractivity contribution in [1.29, 1.82) is 0 Å². The molecule has 0 aliphatic heterocycles. The lowest BCUT2D eigenvalue weighted by Gasteiger charge is -2.03. The predicted octanol–water partition coefficient (Wildman–Crippen LogP) is 3.92. The molecule has 0 saturated carbocycles. The van der Waals surface area contributed by atoms with Crippen LogP contribution in [0.15, 0.2) is 60.7 Å². The summed E-state index contributed by atoms with van der Waals surface area (Å²) in [6.07, 6.45) is 1.01. The van der Waals surface area contributed by atoms with Crippen LogP contribution in [-0.2, 0) is 6.42 Å². The van der Waals surface area contributed by atoms with Gasteiger partial charge in [0, 0.05) is 11.5 Å². The van der Waals surface area contributed by atoms with Crippen molar-refractivity contribution in [2.75, 3.05) is 0 Å². The van der Waals surface area contributed by atoms with Gasteiger partial charge in [0.2, 0.25) is 0 Å². The summed E-state index contributed by atoms with van der Waals surface area (Å²) in [5.41, 5.74) is 2.44. The molecule has 0 aliphatic carbocycles. The summed E-state index contributed by atoms with van der Waals surface area (Å²) in [5, 5.41) is 0. The first-order valence-corrected chi connectivity index (χ1v) is 5.95. The highest BCUT2D eigenvalue weighted by atomic mass is 14.0. The van der Waals surface area contributed by atoms with E-state index in [1.54, 1.807) is 0 Å². The Hall–Kier alpha value is -2.00. The topological polar surface area (TPSA) is 0 Å². The van der Waals surface area contributed by atoms with Gasteiger partial charge in [-0.3, -0.25) is 0 Å². The largest absolute Gasteiger partial charge is 0.0944 e. The summed E-state index contributed by atoms with van der Waals surface area (Å²) in [7, 11) is 0. The maximum atomic E-state index is 3.30. The lowest BCUT2D eigenvalue weighted by Crippen LogP contribution is -1.96. The molecule has 2 aromatic rings. The summed E-state index contributed by atoms with van der Waals surface area (Å²) in [6.45, 7) is 2.17. The van der Waals surface area contributed by atoms with Crippen LogP contribution in [0.1, 0.15) is 18.1 Å². The number of hydrogen-bond donors (Lipinski definition) is 0. The second-order valence-electron chi connectivity index (χ2n) is 4.23. The highest BCUT2D eigenvalue weighted by Gasteiger charge is 1.98. The van der Waals surface area contributed by atoms with Crippen molar-refractivity contribution in [3.63, 3.8) is 0 Å². The fraction of sp³-hybridized carbons (Fsp3) is 0.176. The first-order valence-electron chi connectivity index (χ1n) is 5.95. The zero-order chi connectivity index (χ0) is 11.9. The Morgan fingerprint density at radius 2 is 1.47 bits per heavy atom. The number of rotatable bonds is 2. The molecule has 1 atom stereocenters. The van der Waals surface area contributed by atoms with Gasteiger partial charge in [-0.25, -0.2) is 0 Å². The van der Waals surface area contributed by atoms with Crippen LogP contribution in [-0.4, -0.2) is 0 Å². The molecule has 2 rings (SSSR count). The lowest BCUT2D eigenvalue weighted by molar-refractivity contribution is 0.750. The molecule has 0 N–H and O–H groups in total. The number of hydrogen-bond acceptors (Lipinski definition) is 0. The molecule has 0 radical (unpaired) electrons. The zero-order valence-corrected chi connectivity index (χ0v) is 10.1. The molecule has 0 saturated heterocycles. The Labute approximate surface area is 103 Å². The predicted molar refractivity (Wildman–Crippen MR) is 72.6 cm³/mol. The van der Waals surface area contributed by atoms with E-state index in [2.05, 4.69) is 43.0 Å². The van der Waals surface area contributed by atoms with E-state index < -0.39 is 0 Å². The minimum Gasteiger partial charge on any atom is -0.0944 e. The second-order valence-corrected chi connectivity index (χ2v) is 4.23. The molecular formula is C17H16. The molecule has 0 amide bonds. The van der Waals surface area contributed by atoms with Crippen molar-refractivity contribution in [2.45, 2.75) is 13.3 Å². The lowest BCUT2D eigenvalue weighted by atomic mass is 10.0. The van der Waals surface area contributed by atoms with Crippen LogP contribution < -0.4 is 0 Å². The fourth-order valence-corrected chi connectivity index (χ4v) is 1.75. The Bertz CT molecular complexity index is 500. The highest BCUT2D eigenvalue weighted by molar-refractivity contribution is 5.34. The van der Waals surface area contributed by atoms with Crippen LogP contribution in [0.3, 0.4) is 0 Å². The molecule has 1 unspecified atom stereocenters. The van der Waals surface area contributed by atoms with E-state index >= 15 is 0 Å². The highest BCUT2D eigenvalue weighted by Crippen LogP contribution is 2.07. The molecule has 0 heterocycles. The monoisotopic (exact) mass is 220 g/mol. The van der Waals surface area contributed by atoms with Gasteiger partial charge in [0.15, 0.2) is 0 Å². The van der Waals surface area contributed by atoms with Crippen LogP contribution in [0.25, 0.3) is 0 Å². The smallest absolute Gasteiger partial charge is 0.0245 e. The summed E-state index contributed by atoms with van der Waals surface area (Å²) in [6, 6.07) is 20.6. The molecule has 0 nitrogen and oxygen atoms in total. The van der Waals surface area contributed by atoms with Crippen molar-refractivity contribution >= 4 is 0 Å². The van der Waals surface area contributed by atoms with Crippen molar-refractivity contribution in [3.05, 3.63) is 71.8 Å². The van der Waals surface area contributed by atoms with Gasteiger partial charge in [0.1, 0.15) is 0 Å². The fourth-order valence-electron chi connectivity index (χ4n) is 1.75. The third-order valence-electron chi connectivity index (χ3n) is 2.62. The van der Waals surface area contributed by atoms with Crippen molar-refractivity contribution in [3.8, 4) is 11.8 Å². The van der Waals surface area contributed by atoms with Gasteiger partial charge in [-0.1, -0.05) is 67.3 Å². The molecule has 0 aromatic heterocycles. The van der Waals surface area contributed by atoms with Gasteiger partial charge in [-0.05, 0) is 24.1 Å². The van der Waals surface area contributed by atoms with Gasteiger partial charge >= 0.3 is 0 Å². The third-order valence-corrected chi connectivity index (χ3v) is 2.62. The van der Waals surface area contributed by atoms with Crippen LogP contribution >= 0.6 is 0 Å². The molecule has 0 aliphatic rings. The normalized spacial score (nSPS) is 11.4. The van der Waals surface area contributed by atoms with E-state index in [9.17, 15) is 0 Å². The van der Waals surface area contributed by atoms with Crippen molar-refractivity contribution in [2.24, 2.45) is 5.92 Å². The molecule has 0 bridgehead atoms. The Balaban J connectivity index is 1.99. The molecule has 84 valence electrons. The van der Waals surface area contributed by atoms with Gasteiger partial charge in [0.05, 0.1) is 0 Å². The van der Waals surface area contributed by atoms with E-state index in [1.807, 2.05) is 36.4 Å². The van der Waals surface area contributed by atoms with E-state index in [4.69, 9.17) is 0 Å². The van der Waals surface area contributed by atoms with Crippen LogP contribution in [0.2, 0.25) is 0 Å². The molecule has 0 spiro atoms. The minimum atomic E-state index is 0.387. The van der Waals surface area contributed by atoms with Crippen molar-refractivity contribution in [1.82, 2.24) is 0 Å². The Morgan fingerprint density at radius 3 is 2.12 bits per heavy atom. The van der Waals surface area contributed by atoms with E-state index in [0.717, 1.165) is 12.0 Å². The van der Waals surface area contributed by atoms with Gasteiger partial charge in [-0.2, -0.15) is 0 Å². The zero-order valence-electron chi connectivity index (χ0n) is 10.1. The van der Waals surface area contributed by atoms with Crippen molar-refractivity contribution < 1.29 is 0 Å². The average molecular weight is 220 g/mol. The average Bonchev–Trinajstić information content (AvgIpc) is 2.39. The maximum absolute atomic E-state index is 3.30. The first-order chi connectivity index (χ1) is 8.34. The molecular weight excluding hydrogens is 204 g/mol. The molecule has 0 fully saturated rings. The number of benzene rings is 2. The minimum absolute atomic E-state index is 0.387. The first kappa shape index (κ1) is 11.5. The molecule has 17 heavy (non-hydrogen) atoms. The Morgan fingerprint density at radius 1 is 0.882 bits per heavy atom. The second kappa shape index (κ2) is 5.92. The maximum Gasteiger partial charge on any atom is 0.0245 e. The van der Waals surface area contributed by atoms with Crippen LogP contribution in [0.4, 0.5) is 0 Å². The summed E-state index contributed by atoms with van der Waals surface area (Å²) < 4.78 is 0. The van der Waals surface area contributed by atoms with E-state index in [1.165, 1.54) is 5.56 Å². The van der Waals surface area contributed by atoms with Crippen LogP contribution in [0, 0.1) is 17.8 Å². The molecule has 2 aromatic carbocycles. The Kier molecular flexibility index (Phi) is 4.00. The summed E-state index contributed by atoms with van der Waals surface area (Å²) >= 11 is 0. The van der Waals surface area contributed by atoms with E-state index in [0.29, 0.717) is 5.92 Å². The van der Waals surface area contributed by atoms with Gasteiger partial charge < -0.3 is 0 Å². The van der Waals surface area contributed by atoms with Gasteiger partial charge in [-0.15, -0.1) is 0 Å². The van der Waals surface area contributed by atoms with Crippen LogP contribution in [0.5, 0.6) is 0 Å². The quantitative estimate of drug-likeness (QED) is 0.673. The van der Waals surface area contributed by atoms with E-state index in [-0.39, 0.29) is 0 Å². The third kappa shape index (κ3) is 3.81.